The summed E-state index contributed by atoms with van der Waals surface area (Å²) in [7, 11) is 0. The minimum atomic E-state index is -0.341. The Kier molecular flexibility index (Phi) is 5.79. The molecule has 0 saturated heterocycles. The van der Waals surface area contributed by atoms with Gasteiger partial charge in [0, 0.05) is 13.8 Å². The van der Waals surface area contributed by atoms with E-state index < -0.39 is 0 Å². The number of hydrogen-bond acceptors (Lipinski definition) is 4. The highest BCUT2D eigenvalue weighted by molar-refractivity contribution is 5.73. The van der Waals surface area contributed by atoms with E-state index in [1.54, 1.807) is 6.08 Å². The van der Waals surface area contributed by atoms with Crippen molar-refractivity contribution in [2.45, 2.75) is 20.8 Å². The highest BCUT2D eigenvalue weighted by atomic mass is 16.5. The van der Waals surface area contributed by atoms with Crippen LogP contribution in [0.15, 0.2) is 30.3 Å². The van der Waals surface area contributed by atoms with Crippen molar-refractivity contribution in [3.8, 4) is 0 Å². The molecule has 0 aliphatic rings. The molecule has 0 bridgehead atoms. The van der Waals surface area contributed by atoms with Gasteiger partial charge in [-0.3, -0.25) is 9.59 Å². The molecule has 0 aliphatic heterocycles. The van der Waals surface area contributed by atoms with Crippen LogP contribution in [0.25, 0.3) is 5.57 Å². The summed E-state index contributed by atoms with van der Waals surface area (Å²) in [6.45, 7) is 5.03. The number of esters is 2. The third-order valence-electron chi connectivity index (χ3n) is 2.54. The summed E-state index contributed by atoms with van der Waals surface area (Å²) in [6, 6.07) is 7.77. The Labute approximate surface area is 113 Å². The zero-order valence-electron chi connectivity index (χ0n) is 11.4. The van der Waals surface area contributed by atoms with Crippen LogP contribution in [0.4, 0.5) is 0 Å². The van der Waals surface area contributed by atoms with Gasteiger partial charge < -0.3 is 9.47 Å². The fourth-order valence-electron chi connectivity index (χ4n) is 1.62. The lowest BCUT2D eigenvalue weighted by Gasteiger charge is -2.11. The van der Waals surface area contributed by atoms with Crippen molar-refractivity contribution in [3.05, 3.63) is 41.5 Å². The standard InChI is InChI=1S/C15H18O4/c1-11-6-4-5-7-15(11)14(10-19-13(3)17)8-9-18-12(2)16/h4-8H,9-10H2,1-3H3/b14-8-. The van der Waals surface area contributed by atoms with Crippen LogP contribution in [-0.2, 0) is 19.1 Å². The molecule has 0 fully saturated rings. The van der Waals surface area contributed by atoms with E-state index in [1.807, 2.05) is 31.2 Å². The topological polar surface area (TPSA) is 52.6 Å². The van der Waals surface area contributed by atoms with Crippen molar-refractivity contribution in [2.24, 2.45) is 0 Å². The van der Waals surface area contributed by atoms with E-state index in [-0.39, 0.29) is 25.2 Å². The first kappa shape index (κ1) is 15.0. The maximum absolute atomic E-state index is 10.9. The van der Waals surface area contributed by atoms with E-state index in [0.717, 1.165) is 16.7 Å². The van der Waals surface area contributed by atoms with Crippen LogP contribution >= 0.6 is 0 Å². The third kappa shape index (κ3) is 5.38. The molecule has 1 rings (SSSR count). The van der Waals surface area contributed by atoms with Gasteiger partial charge in [-0.15, -0.1) is 0 Å². The van der Waals surface area contributed by atoms with Crippen LogP contribution in [0.2, 0.25) is 0 Å². The van der Waals surface area contributed by atoms with E-state index in [0.29, 0.717) is 0 Å². The van der Waals surface area contributed by atoms with Crippen LogP contribution in [0.3, 0.4) is 0 Å². The zero-order valence-corrected chi connectivity index (χ0v) is 11.4. The lowest BCUT2D eigenvalue weighted by atomic mass is 10.0. The molecule has 1 aromatic rings. The number of carbonyl (C=O) groups excluding carboxylic acids is 2. The van der Waals surface area contributed by atoms with Gasteiger partial charge in [0.25, 0.3) is 0 Å². The van der Waals surface area contributed by atoms with Crippen molar-refractivity contribution in [2.75, 3.05) is 13.2 Å². The van der Waals surface area contributed by atoms with Gasteiger partial charge in [-0.25, -0.2) is 0 Å². The minimum absolute atomic E-state index is 0.167. The fourth-order valence-corrected chi connectivity index (χ4v) is 1.62. The van der Waals surface area contributed by atoms with E-state index >= 15 is 0 Å². The lowest BCUT2D eigenvalue weighted by molar-refractivity contribution is -0.140. The molecular weight excluding hydrogens is 244 g/mol. The highest BCUT2D eigenvalue weighted by Gasteiger charge is 2.06. The van der Waals surface area contributed by atoms with Crippen LogP contribution in [0.5, 0.6) is 0 Å². The molecule has 0 atom stereocenters. The number of benzene rings is 1. The van der Waals surface area contributed by atoms with Gasteiger partial charge in [0.2, 0.25) is 0 Å². The Morgan fingerprint density at radius 1 is 1.11 bits per heavy atom. The fraction of sp³-hybridized carbons (Fsp3) is 0.333. The summed E-state index contributed by atoms with van der Waals surface area (Å²) in [5, 5.41) is 0. The molecule has 0 unspecified atom stereocenters. The van der Waals surface area contributed by atoms with Gasteiger partial charge in [-0.2, -0.15) is 0 Å². The molecule has 0 N–H and O–H groups in total. The zero-order chi connectivity index (χ0) is 14.3. The van der Waals surface area contributed by atoms with Crippen molar-refractivity contribution in [1.82, 2.24) is 0 Å². The number of carbonyl (C=O) groups is 2. The third-order valence-corrected chi connectivity index (χ3v) is 2.54. The molecule has 0 spiro atoms. The van der Waals surface area contributed by atoms with Crippen molar-refractivity contribution < 1.29 is 19.1 Å². The summed E-state index contributed by atoms with van der Waals surface area (Å²) in [4.78, 5) is 21.7. The molecule has 4 nitrogen and oxygen atoms in total. The first-order valence-corrected chi connectivity index (χ1v) is 6.02. The van der Waals surface area contributed by atoms with Gasteiger partial charge in [0.15, 0.2) is 0 Å². The first-order chi connectivity index (χ1) is 9.00. The number of ether oxygens (including phenoxy) is 2. The van der Waals surface area contributed by atoms with Crippen LogP contribution in [-0.4, -0.2) is 25.2 Å². The van der Waals surface area contributed by atoms with Crippen LogP contribution < -0.4 is 0 Å². The normalized spacial score (nSPS) is 11.0. The Morgan fingerprint density at radius 2 is 1.74 bits per heavy atom. The van der Waals surface area contributed by atoms with Crippen molar-refractivity contribution in [1.29, 1.82) is 0 Å². The van der Waals surface area contributed by atoms with Gasteiger partial charge in [-0.05, 0) is 29.7 Å². The smallest absolute Gasteiger partial charge is 0.302 e. The van der Waals surface area contributed by atoms with E-state index in [4.69, 9.17) is 9.47 Å². The molecule has 0 radical (unpaired) electrons. The van der Waals surface area contributed by atoms with Crippen LogP contribution in [0, 0.1) is 6.92 Å². The first-order valence-electron chi connectivity index (χ1n) is 6.02. The summed E-state index contributed by atoms with van der Waals surface area (Å²) in [5.41, 5.74) is 2.88. The lowest BCUT2D eigenvalue weighted by Crippen LogP contribution is -2.06. The average molecular weight is 262 g/mol. The second kappa shape index (κ2) is 7.36. The molecule has 1 aromatic carbocycles. The van der Waals surface area contributed by atoms with Crippen LogP contribution in [0.1, 0.15) is 25.0 Å². The maximum atomic E-state index is 10.9. The van der Waals surface area contributed by atoms with Crippen molar-refractivity contribution >= 4 is 17.5 Å². The molecule has 102 valence electrons. The molecule has 19 heavy (non-hydrogen) atoms. The summed E-state index contributed by atoms with van der Waals surface area (Å²) in [6.07, 6.45) is 1.76. The Hall–Kier alpha value is -2.10. The second-order valence-electron chi connectivity index (χ2n) is 4.13. The Morgan fingerprint density at radius 3 is 2.32 bits per heavy atom. The Bertz CT molecular complexity index is 489. The quantitative estimate of drug-likeness (QED) is 0.765. The average Bonchev–Trinajstić information content (AvgIpc) is 2.34. The highest BCUT2D eigenvalue weighted by Crippen LogP contribution is 2.19. The molecule has 0 saturated carbocycles. The largest absolute Gasteiger partial charge is 0.462 e. The molecule has 0 heterocycles. The summed E-state index contributed by atoms with van der Waals surface area (Å²) < 4.78 is 9.91. The number of hydrogen-bond donors (Lipinski definition) is 0. The van der Waals surface area contributed by atoms with Crippen molar-refractivity contribution in [3.63, 3.8) is 0 Å². The molecule has 0 aromatic heterocycles. The Balaban J connectivity index is 2.88. The van der Waals surface area contributed by atoms with Gasteiger partial charge in [0.05, 0.1) is 0 Å². The molecule has 4 heteroatoms. The van der Waals surface area contributed by atoms with E-state index in [1.165, 1.54) is 13.8 Å². The van der Waals surface area contributed by atoms with Gasteiger partial charge in [0.1, 0.15) is 13.2 Å². The monoisotopic (exact) mass is 262 g/mol. The van der Waals surface area contributed by atoms with Gasteiger partial charge in [-0.1, -0.05) is 24.3 Å². The minimum Gasteiger partial charge on any atom is -0.462 e. The van der Waals surface area contributed by atoms with E-state index in [2.05, 4.69) is 0 Å². The number of aryl methyl sites for hydroxylation is 1. The number of rotatable bonds is 5. The van der Waals surface area contributed by atoms with Gasteiger partial charge >= 0.3 is 11.9 Å². The predicted octanol–water partition coefficient (Wildman–Crippen LogP) is 2.50. The van der Waals surface area contributed by atoms with E-state index in [9.17, 15) is 9.59 Å². The summed E-state index contributed by atoms with van der Waals surface area (Å²) >= 11 is 0. The molecule has 0 amide bonds. The molecular formula is C15H18O4. The SMILES string of the molecule is CC(=O)OC/C=C(/COC(C)=O)c1ccccc1C. The summed E-state index contributed by atoms with van der Waals surface area (Å²) in [5.74, 6) is -0.681. The predicted molar refractivity (Wildman–Crippen MR) is 72.4 cm³/mol. The maximum Gasteiger partial charge on any atom is 0.302 e. The second-order valence-corrected chi connectivity index (χ2v) is 4.13. The molecule has 0 aliphatic carbocycles.